The summed E-state index contributed by atoms with van der Waals surface area (Å²) in [4.78, 5) is 24.7. The van der Waals surface area contributed by atoms with E-state index in [4.69, 9.17) is 0 Å². The number of nitrogens with one attached hydrogen (secondary N) is 1. The van der Waals surface area contributed by atoms with Gasteiger partial charge in [0.15, 0.2) is 0 Å². The van der Waals surface area contributed by atoms with Crippen LogP contribution in [0.5, 0.6) is 0 Å². The van der Waals surface area contributed by atoms with Crippen LogP contribution in [0.1, 0.15) is 27.9 Å². The Balaban J connectivity index is 1.74. The van der Waals surface area contributed by atoms with E-state index in [9.17, 15) is 14.7 Å². The second kappa shape index (κ2) is 8.50. The molecule has 6 heteroatoms. The zero-order valence-electron chi connectivity index (χ0n) is 14.7. The maximum absolute atomic E-state index is 12.3. The first kappa shape index (κ1) is 19.3. The number of hydrogen-bond acceptors (Lipinski definition) is 3. The monoisotopic (exact) mass is 443 g/mol. The van der Waals surface area contributed by atoms with Crippen LogP contribution >= 0.6 is 27.3 Å². The first-order valence-electron chi connectivity index (χ1n) is 8.40. The zero-order chi connectivity index (χ0) is 19.4. The number of benzene rings is 2. The average molecular weight is 444 g/mol. The Kier molecular flexibility index (Phi) is 6.08. The molecule has 1 amide bonds. The van der Waals surface area contributed by atoms with Crippen molar-refractivity contribution < 1.29 is 14.7 Å². The molecule has 0 radical (unpaired) electrons. The molecule has 1 heterocycles. The minimum Gasteiger partial charge on any atom is -0.478 e. The third-order valence-electron chi connectivity index (χ3n) is 4.15. The summed E-state index contributed by atoms with van der Waals surface area (Å²) in [6.07, 6.45) is 0.907. The smallest absolute Gasteiger partial charge is 0.339 e. The molecule has 0 spiro atoms. The Morgan fingerprint density at radius 2 is 1.74 bits per heavy atom. The first-order chi connectivity index (χ1) is 12.9. The van der Waals surface area contributed by atoms with Gasteiger partial charge in [0.25, 0.3) is 0 Å². The van der Waals surface area contributed by atoms with E-state index in [2.05, 4.69) is 21.2 Å². The highest BCUT2D eigenvalue weighted by Crippen LogP contribution is 2.36. The van der Waals surface area contributed by atoms with Gasteiger partial charge in [-0.3, -0.25) is 4.79 Å². The molecular formula is C21H18BrNO3S. The van der Waals surface area contributed by atoms with Gasteiger partial charge in [0.1, 0.15) is 5.56 Å². The van der Waals surface area contributed by atoms with Crippen LogP contribution in [0.25, 0.3) is 10.4 Å². The maximum Gasteiger partial charge on any atom is 0.339 e. The lowest BCUT2D eigenvalue weighted by Gasteiger charge is -2.07. The molecule has 4 nitrogen and oxygen atoms in total. The first-order valence-corrected chi connectivity index (χ1v) is 10.1. The number of carboxylic acids is 1. The highest BCUT2D eigenvalue weighted by molar-refractivity contribution is 9.10. The fraction of sp³-hybridized carbons (Fsp3) is 0.143. The molecule has 138 valence electrons. The van der Waals surface area contributed by atoms with Crippen molar-refractivity contribution in [1.29, 1.82) is 0 Å². The number of hydrogen-bond donors (Lipinski definition) is 2. The molecule has 0 saturated carbocycles. The number of rotatable bonds is 6. The Morgan fingerprint density at radius 3 is 2.37 bits per heavy atom. The van der Waals surface area contributed by atoms with Crippen LogP contribution in [-0.2, 0) is 11.2 Å². The van der Waals surface area contributed by atoms with Gasteiger partial charge in [-0.2, -0.15) is 0 Å². The summed E-state index contributed by atoms with van der Waals surface area (Å²) in [6, 6.07) is 15.5. The molecule has 0 bridgehead atoms. The fourth-order valence-electron chi connectivity index (χ4n) is 2.70. The molecule has 2 aromatic carbocycles. The quantitative estimate of drug-likeness (QED) is 0.509. The highest BCUT2D eigenvalue weighted by atomic mass is 79.9. The van der Waals surface area contributed by atoms with Crippen LogP contribution in [0.3, 0.4) is 0 Å². The van der Waals surface area contributed by atoms with Crippen molar-refractivity contribution in [2.45, 2.75) is 19.8 Å². The highest BCUT2D eigenvalue weighted by Gasteiger charge is 2.21. The van der Waals surface area contributed by atoms with Gasteiger partial charge in [-0.1, -0.05) is 57.9 Å². The van der Waals surface area contributed by atoms with Gasteiger partial charge in [0, 0.05) is 16.3 Å². The summed E-state index contributed by atoms with van der Waals surface area (Å²) in [7, 11) is 0. The van der Waals surface area contributed by atoms with E-state index in [1.54, 1.807) is 5.38 Å². The standard InChI is InChI=1S/C21H18BrNO3S/c1-13-2-4-14(5-3-13)6-11-18(24)23-17-12-27-20(19(17)21(25)26)15-7-9-16(22)10-8-15/h2-5,7-10,12H,6,11H2,1H3,(H,23,24)(H,25,26). The molecule has 0 saturated heterocycles. The van der Waals surface area contributed by atoms with Crippen molar-refractivity contribution in [3.63, 3.8) is 0 Å². The van der Waals surface area contributed by atoms with E-state index in [0.717, 1.165) is 15.6 Å². The molecule has 0 aliphatic carbocycles. The number of halogens is 1. The van der Waals surface area contributed by atoms with Crippen molar-refractivity contribution in [2.75, 3.05) is 5.32 Å². The van der Waals surface area contributed by atoms with Crippen LogP contribution in [0, 0.1) is 6.92 Å². The van der Waals surface area contributed by atoms with Crippen molar-refractivity contribution in [2.24, 2.45) is 0 Å². The Labute approximate surface area is 170 Å². The Morgan fingerprint density at radius 1 is 1.07 bits per heavy atom. The van der Waals surface area contributed by atoms with Crippen molar-refractivity contribution in [3.05, 3.63) is 75.1 Å². The van der Waals surface area contributed by atoms with Crippen molar-refractivity contribution in [3.8, 4) is 10.4 Å². The summed E-state index contributed by atoms with van der Waals surface area (Å²) in [5.41, 5.74) is 3.54. The molecule has 3 aromatic rings. The van der Waals surface area contributed by atoms with Gasteiger partial charge in [0.05, 0.1) is 10.6 Å². The van der Waals surface area contributed by atoms with E-state index < -0.39 is 5.97 Å². The van der Waals surface area contributed by atoms with Gasteiger partial charge in [0.2, 0.25) is 5.91 Å². The number of carbonyl (C=O) groups is 2. The van der Waals surface area contributed by atoms with Gasteiger partial charge >= 0.3 is 5.97 Å². The molecule has 0 aliphatic rings. The number of amides is 1. The van der Waals surface area contributed by atoms with Crippen LogP contribution in [0.4, 0.5) is 5.69 Å². The summed E-state index contributed by atoms with van der Waals surface area (Å²) in [5.74, 6) is -1.25. The second-order valence-electron chi connectivity index (χ2n) is 6.20. The molecule has 0 fully saturated rings. The summed E-state index contributed by atoms with van der Waals surface area (Å²) < 4.78 is 0.921. The number of aryl methyl sites for hydroxylation is 2. The molecule has 1 aromatic heterocycles. The lowest BCUT2D eigenvalue weighted by molar-refractivity contribution is -0.116. The summed E-state index contributed by atoms with van der Waals surface area (Å²) in [5, 5.41) is 14.1. The lowest BCUT2D eigenvalue weighted by atomic mass is 10.1. The normalized spacial score (nSPS) is 10.6. The predicted octanol–water partition coefficient (Wildman–Crippen LogP) is 5.76. The summed E-state index contributed by atoms with van der Waals surface area (Å²) in [6.45, 7) is 2.02. The minimum absolute atomic E-state index is 0.131. The van der Waals surface area contributed by atoms with Gasteiger partial charge < -0.3 is 10.4 Å². The van der Waals surface area contributed by atoms with Gasteiger partial charge in [-0.05, 0) is 36.6 Å². The molecular weight excluding hydrogens is 426 g/mol. The van der Waals surface area contributed by atoms with E-state index in [0.29, 0.717) is 23.4 Å². The maximum atomic E-state index is 12.3. The van der Waals surface area contributed by atoms with Crippen LogP contribution in [0.15, 0.2) is 58.4 Å². The molecule has 2 N–H and O–H groups in total. The largest absolute Gasteiger partial charge is 0.478 e. The number of carbonyl (C=O) groups excluding carboxylic acids is 1. The third kappa shape index (κ3) is 4.84. The third-order valence-corrected chi connectivity index (χ3v) is 5.70. The van der Waals surface area contributed by atoms with Crippen molar-refractivity contribution in [1.82, 2.24) is 0 Å². The number of aromatic carboxylic acids is 1. The minimum atomic E-state index is -1.05. The number of carboxylic acid groups (broad SMARTS) is 1. The fourth-order valence-corrected chi connectivity index (χ4v) is 3.97. The SMILES string of the molecule is Cc1ccc(CCC(=O)Nc2csc(-c3ccc(Br)cc3)c2C(=O)O)cc1. The predicted molar refractivity (Wildman–Crippen MR) is 113 cm³/mol. The van der Waals surface area contributed by atoms with E-state index in [-0.39, 0.29) is 11.5 Å². The molecule has 0 aliphatic heterocycles. The summed E-state index contributed by atoms with van der Waals surface area (Å²) >= 11 is 4.68. The Hall–Kier alpha value is -2.44. The number of thiophene rings is 1. The van der Waals surface area contributed by atoms with E-state index in [1.165, 1.54) is 16.9 Å². The Bertz CT molecular complexity index is 962. The zero-order valence-corrected chi connectivity index (χ0v) is 17.1. The average Bonchev–Trinajstić information content (AvgIpc) is 3.05. The molecule has 27 heavy (non-hydrogen) atoms. The van der Waals surface area contributed by atoms with Crippen LogP contribution < -0.4 is 5.32 Å². The second-order valence-corrected chi connectivity index (χ2v) is 7.99. The van der Waals surface area contributed by atoms with Gasteiger partial charge in [-0.25, -0.2) is 4.79 Å². The van der Waals surface area contributed by atoms with E-state index in [1.807, 2.05) is 55.5 Å². The molecule has 0 atom stereocenters. The topological polar surface area (TPSA) is 66.4 Å². The van der Waals surface area contributed by atoms with Gasteiger partial charge in [-0.15, -0.1) is 11.3 Å². The lowest BCUT2D eigenvalue weighted by Crippen LogP contribution is -2.14. The van der Waals surface area contributed by atoms with Crippen LogP contribution in [0.2, 0.25) is 0 Å². The van der Waals surface area contributed by atoms with Crippen LogP contribution in [-0.4, -0.2) is 17.0 Å². The molecule has 0 unspecified atom stereocenters. The molecule has 3 rings (SSSR count). The number of anilines is 1. The van der Waals surface area contributed by atoms with E-state index >= 15 is 0 Å². The van der Waals surface area contributed by atoms with Crippen molar-refractivity contribution >= 4 is 44.8 Å².